The van der Waals surface area contributed by atoms with Gasteiger partial charge in [-0.1, -0.05) is 0 Å². The molecule has 0 saturated heterocycles. The van der Waals surface area contributed by atoms with Crippen molar-refractivity contribution in [1.29, 1.82) is 0 Å². The molecule has 0 aliphatic rings. The van der Waals surface area contributed by atoms with Gasteiger partial charge in [0.2, 0.25) is 0 Å². The molecule has 0 aliphatic carbocycles. The molecule has 19 heavy (non-hydrogen) atoms. The summed E-state index contributed by atoms with van der Waals surface area (Å²) >= 11 is 0. The van der Waals surface area contributed by atoms with E-state index in [1.807, 2.05) is 0 Å². The minimum atomic E-state index is -0.663. The maximum Gasteiger partial charge on any atom is 0.310 e. The molecule has 0 spiro atoms. The number of hydrogen-bond donors (Lipinski definition) is 0. The number of aldehydes is 1. The molecule has 0 radical (unpaired) electrons. The fourth-order valence-corrected chi connectivity index (χ4v) is 1.59. The number of nitro groups is 1. The molecule has 0 atom stereocenters. The topological polar surface area (TPSA) is 95.7 Å². The average Bonchev–Trinajstić information content (AvgIpc) is 2.38. The van der Waals surface area contributed by atoms with Crippen molar-refractivity contribution >= 4 is 17.9 Å². The largest absolute Gasteiger partial charge is 0.496 e. The molecule has 0 aromatic heterocycles. The number of nitrogens with zero attached hydrogens (tertiary/aromatic N) is 1. The lowest BCUT2D eigenvalue weighted by atomic mass is 10.0. The van der Waals surface area contributed by atoms with Gasteiger partial charge in [0.15, 0.2) is 6.29 Å². The Kier molecular flexibility index (Phi) is 4.99. The third kappa shape index (κ3) is 3.51. The number of hydrogen-bond acceptors (Lipinski definition) is 6. The number of benzene rings is 1. The molecular formula is C12H13NO6. The van der Waals surface area contributed by atoms with Crippen LogP contribution in [-0.2, 0) is 16.0 Å². The van der Waals surface area contributed by atoms with Crippen molar-refractivity contribution in [1.82, 2.24) is 0 Å². The van der Waals surface area contributed by atoms with Gasteiger partial charge < -0.3 is 9.47 Å². The zero-order valence-electron chi connectivity index (χ0n) is 10.5. The van der Waals surface area contributed by atoms with E-state index in [9.17, 15) is 19.7 Å². The number of rotatable bonds is 6. The van der Waals surface area contributed by atoms with Crippen LogP contribution >= 0.6 is 0 Å². The van der Waals surface area contributed by atoms with Crippen LogP contribution in [0.5, 0.6) is 5.75 Å². The van der Waals surface area contributed by atoms with Gasteiger partial charge in [-0.3, -0.25) is 19.7 Å². The number of carbonyl (C=O) groups is 2. The van der Waals surface area contributed by atoms with Crippen molar-refractivity contribution in [3.05, 3.63) is 33.4 Å². The summed E-state index contributed by atoms with van der Waals surface area (Å²) in [5.41, 5.74) is -0.271. The fraction of sp³-hybridized carbons (Fsp3) is 0.333. The van der Waals surface area contributed by atoms with Crippen molar-refractivity contribution in [2.24, 2.45) is 0 Å². The highest BCUT2D eigenvalue weighted by atomic mass is 16.6. The molecule has 0 bridgehead atoms. The summed E-state index contributed by atoms with van der Waals surface area (Å²) in [5.74, 6) is -0.444. The molecule has 102 valence electrons. The lowest BCUT2D eigenvalue weighted by molar-refractivity contribution is -0.385. The van der Waals surface area contributed by atoms with Crippen molar-refractivity contribution in [3.63, 3.8) is 0 Å². The van der Waals surface area contributed by atoms with E-state index < -0.39 is 10.9 Å². The standard InChI is InChI=1S/C12H13NO6/c1-3-19-12(15)6-10-8(7-14)4-9(18-2)5-11(10)13(16)17/h4-5,7H,3,6H2,1-2H3. The predicted molar refractivity (Wildman–Crippen MR) is 65.4 cm³/mol. The SMILES string of the molecule is CCOC(=O)Cc1c(C=O)cc(OC)cc1[N+](=O)[O-]. The van der Waals surface area contributed by atoms with Gasteiger partial charge in [0.05, 0.1) is 36.7 Å². The number of methoxy groups -OCH3 is 1. The Bertz CT molecular complexity index is 511. The van der Waals surface area contributed by atoms with Crippen LogP contribution in [0.15, 0.2) is 12.1 Å². The zero-order chi connectivity index (χ0) is 14.4. The number of esters is 1. The van der Waals surface area contributed by atoms with Crippen molar-refractivity contribution < 1.29 is 24.0 Å². The van der Waals surface area contributed by atoms with E-state index in [-0.39, 0.29) is 35.6 Å². The Morgan fingerprint density at radius 1 is 1.47 bits per heavy atom. The minimum Gasteiger partial charge on any atom is -0.496 e. The van der Waals surface area contributed by atoms with E-state index >= 15 is 0 Å². The van der Waals surface area contributed by atoms with Crippen LogP contribution in [0.3, 0.4) is 0 Å². The van der Waals surface area contributed by atoms with E-state index in [4.69, 9.17) is 9.47 Å². The molecule has 0 heterocycles. The maximum atomic E-state index is 11.4. The normalized spacial score (nSPS) is 9.79. The second kappa shape index (κ2) is 6.48. The summed E-state index contributed by atoms with van der Waals surface area (Å²) in [5, 5.41) is 11.0. The number of nitro benzene ring substituents is 1. The lowest BCUT2D eigenvalue weighted by Crippen LogP contribution is -2.11. The van der Waals surface area contributed by atoms with E-state index in [2.05, 4.69) is 0 Å². The van der Waals surface area contributed by atoms with Gasteiger partial charge in [0.1, 0.15) is 5.75 Å². The highest BCUT2D eigenvalue weighted by molar-refractivity contribution is 5.85. The van der Waals surface area contributed by atoms with Gasteiger partial charge in [-0.05, 0) is 13.0 Å². The highest BCUT2D eigenvalue weighted by Crippen LogP contribution is 2.28. The van der Waals surface area contributed by atoms with Gasteiger partial charge in [-0.15, -0.1) is 0 Å². The monoisotopic (exact) mass is 267 g/mol. The molecule has 1 aromatic carbocycles. The molecule has 0 unspecified atom stereocenters. The summed E-state index contributed by atoms with van der Waals surface area (Å²) in [6.07, 6.45) is 0.117. The molecule has 0 amide bonds. The first-order valence-corrected chi connectivity index (χ1v) is 5.49. The van der Waals surface area contributed by atoms with Gasteiger partial charge >= 0.3 is 5.97 Å². The summed E-state index contributed by atoms with van der Waals surface area (Å²) in [6.45, 7) is 1.79. The van der Waals surface area contributed by atoms with Crippen LogP contribution in [0, 0.1) is 10.1 Å². The number of carbonyl (C=O) groups excluding carboxylic acids is 2. The Balaban J connectivity index is 3.29. The smallest absolute Gasteiger partial charge is 0.310 e. The van der Waals surface area contributed by atoms with Crippen LogP contribution in [0.2, 0.25) is 0 Å². The molecule has 0 fully saturated rings. The second-order valence-corrected chi connectivity index (χ2v) is 3.57. The van der Waals surface area contributed by atoms with E-state index in [0.717, 1.165) is 0 Å². The van der Waals surface area contributed by atoms with Gasteiger partial charge in [-0.25, -0.2) is 0 Å². The number of ether oxygens (including phenoxy) is 2. The minimum absolute atomic E-state index is 0.0271. The van der Waals surface area contributed by atoms with Crippen LogP contribution in [0.4, 0.5) is 5.69 Å². The quantitative estimate of drug-likeness (QED) is 0.335. The van der Waals surface area contributed by atoms with Crippen LogP contribution < -0.4 is 4.74 Å². The first-order valence-electron chi connectivity index (χ1n) is 5.49. The predicted octanol–water partition coefficient (Wildman–Crippen LogP) is 1.52. The van der Waals surface area contributed by atoms with Crippen LogP contribution in [0.1, 0.15) is 22.8 Å². The highest BCUT2D eigenvalue weighted by Gasteiger charge is 2.22. The molecule has 7 heteroatoms. The molecule has 7 nitrogen and oxygen atoms in total. The molecule has 0 aliphatic heterocycles. The first-order chi connectivity index (χ1) is 9.03. The second-order valence-electron chi connectivity index (χ2n) is 3.57. The van der Waals surface area contributed by atoms with E-state index in [1.165, 1.54) is 19.2 Å². The molecule has 1 rings (SSSR count). The third-order valence-electron chi connectivity index (χ3n) is 2.42. The maximum absolute atomic E-state index is 11.4. The van der Waals surface area contributed by atoms with E-state index in [1.54, 1.807) is 6.92 Å². The van der Waals surface area contributed by atoms with Gasteiger partial charge in [-0.2, -0.15) is 0 Å². The van der Waals surface area contributed by atoms with Crippen molar-refractivity contribution in [2.45, 2.75) is 13.3 Å². The van der Waals surface area contributed by atoms with E-state index in [0.29, 0.717) is 6.29 Å². The van der Waals surface area contributed by atoms with Crippen LogP contribution in [-0.4, -0.2) is 30.9 Å². The molecule has 0 N–H and O–H groups in total. The Hall–Kier alpha value is -2.44. The summed E-state index contributed by atoms with van der Waals surface area (Å²) in [4.78, 5) is 32.7. The Morgan fingerprint density at radius 2 is 2.16 bits per heavy atom. The Labute approximate surface area is 109 Å². The Morgan fingerprint density at radius 3 is 2.63 bits per heavy atom. The average molecular weight is 267 g/mol. The first kappa shape index (κ1) is 14.6. The zero-order valence-corrected chi connectivity index (χ0v) is 10.5. The lowest BCUT2D eigenvalue weighted by Gasteiger charge is -2.08. The summed E-state index contributed by atoms with van der Waals surface area (Å²) in [6, 6.07) is 2.51. The van der Waals surface area contributed by atoms with Crippen molar-refractivity contribution in [3.8, 4) is 5.75 Å². The third-order valence-corrected chi connectivity index (χ3v) is 2.42. The summed E-state index contributed by atoms with van der Waals surface area (Å²) < 4.78 is 9.60. The molecule has 1 aromatic rings. The molecule has 0 saturated carbocycles. The van der Waals surface area contributed by atoms with Crippen molar-refractivity contribution in [2.75, 3.05) is 13.7 Å². The molecular weight excluding hydrogens is 254 g/mol. The van der Waals surface area contributed by atoms with Gasteiger partial charge in [0, 0.05) is 5.56 Å². The van der Waals surface area contributed by atoms with Crippen LogP contribution in [0.25, 0.3) is 0 Å². The summed E-state index contributed by atoms with van der Waals surface area (Å²) in [7, 11) is 1.33. The fourth-order valence-electron chi connectivity index (χ4n) is 1.59. The van der Waals surface area contributed by atoms with Gasteiger partial charge in [0.25, 0.3) is 5.69 Å².